The number of fused-ring (bicyclic) bond motifs is 4. The lowest BCUT2D eigenvalue weighted by atomic mass is 9.95. The normalized spacial score (nSPS) is 12.0. The van der Waals surface area contributed by atoms with Crippen LogP contribution in [0.25, 0.3) is 22.0 Å². The van der Waals surface area contributed by atoms with E-state index in [9.17, 15) is 10.1 Å². The highest BCUT2D eigenvalue weighted by molar-refractivity contribution is 5.91. The predicted molar refractivity (Wildman–Crippen MR) is 130 cm³/mol. The summed E-state index contributed by atoms with van der Waals surface area (Å²) in [6.45, 7) is 0.836. The first-order valence-electron chi connectivity index (χ1n) is 11.2. The second-order valence-electron chi connectivity index (χ2n) is 8.24. The van der Waals surface area contributed by atoms with Crippen LogP contribution in [0.3, 0.4) is 0 Å². The Morgan fingerprint density at radius 1 is 0.943 bits per heavy atom. The van der Waals surface area contributed by atoms with E-state index in [1.54, 1.807) is 39.5 Å². The van der Waals surface area contributed by atoms with Gasteiger partial charge in [-0.25, -0.2) is 0 Å². The van der Waals surface area contributed by atoms with Gasteiger partial charge in [-0.15, -0.1) is 0 Å². The van der Waals surface area contributed by atoms with Gasteiger partial charge in [-0.1, -0.05) is 12.1 Å². The van der Waals surface area contributed by atoms with Crippen molar-refractivity contribution < 1.29 is 28.4 Å². The molecule has 8 heteroatoms. The molecule has 0 radical (unpaired) electrons. The number of aryl methyl sites for hydroxylation is 2. The third-order valence-corrected chi connectivity index (χ3v) is 6.37. The molecule has 1 aliphatic heterocycles. The molecule has 0 amide bonds. The van der Waals surface area contributed by atoms with Gasteiger partial charge in [-0.05, 0) is 41.3 Å². The number of para-hydroxylation sites is 1. The van der Waals surface area contributed by atoms with Crippen LogP contribution in [-0.2, 0) is 19.6 Å². The quantitative estimate of drug-likeness (QED) is 0.216. The third kappa shape index (κ3) is 3.97. The number of pyridine rings is 1. The molecule has 0 unspecified atom stereocenters. The van der Waals surface area contributed by atoms with Crippen molar-refractivity contribution in [1.82, 2.24) is 0 Å². The number of methoxy groups -OCH3 is 3. The lowest BCUT2D eigenvalue weighted by Crippen LogP contribution is -2.40. The summed E-state index contributed by atoms with van der Waals surface area (Å²) in [4.78, 5) is 11.0. The Labute approximate surface area is 202 Å². The molecular weight excluding hydrogens is 448 g/mol. The van der Waals surface area contributed by atoms with E-state index in [0.717, 1.165) is 40.7 Å². The molecule has 0 N–H and O–H groups in total. The Bertz CT molecular complexity index is 1450. The van der Waals surface area contributed by atoms with Crippen molar-refractivity contribution in [3.05, 3.63) is 82.0 Å². The van der Waals surface area contributed by atoms with E-state index < -0.39 is 4.92 Å². The maximum atomic E-state index is 11.4. The highest BCUT2D eigenvalue weighted by Gasteiger charge is 2.27. The Balaban J connectivity index is 1.60. The van der Waals surface area contributed by atoms with Gasteiger partial charge >= 0.3 is 0 Å². The third-order valence-electron chi connectivity index (χ3n) is 6.37. The predicted octanol–water partition coefficient (Wildman–Crippen LogP) is 4.86. The average molecular weight is 474 g/mol. The van der Waals surface area contributed by atoms with E-state index in [0.29, 0.717) is 22.8 Å². The van der Waals surface area contributed by atoms with Gasteiger partial charge < -0.3 is 18.9 Å². The van der Waals surface area contributed by atoms with Crippen molar-refractivity contribution >= 4 is 16.5 Å². The molecular formula is C27H25N2O6+. The molecule has 35 heavy (non-hydrogen) atoms. The molecule has 0 aliphatic carbocycles. The smallest absolute Gasteiger partial charge is 0.276 e. The van der Waals surface area contributed by atoms with Gasteiger partial charge in [0.2, 0.25) is 5.69 Å². The molecule has 1 aliphatic rings. The molecule has 0 atom stereocenters. The Morgan fingerprint density at radius 2 is 1.69 bits per heavy atom. The van der Waals surface area contributed by atoms with Gasteiger partial charge in [-0.2, -0.15) is 4.57 Å². The molecule has 0 saturated carbocycles. The van der Waals surface area contributed by atoms with E-state index in [1.807, 2.05) is 24.3 Å². The van der Waals surface area contributed by atoms with Crippen LogP contribution in [0.4, 0.5) is 5.69 Å². The number of hydrogen-bond acceptors (Lipinski definition) is 6. The fourth-order valence-corrected chi connectivity index (χ4v) is 4.60. The molecule has 8 nitrogen and oxygen atoms in total. The highest BCUT2D eigenvalue weighted by Crippen LogP contribution is 2.40. The van der Waals surface area contributed by atoms with Crippen LogP contribution in [0.15, 0.2) is 60.8 Å². The number of hydrogen-bond donors (Lipinski definition) is 0. The second kappa shape index (κ2) is 9.13. The van der Waals surface area contributed by atoms with Gasteiger partial charge in [0.25, 0.3) is 5.69 Å². The summed E-state index contributed by atoms with van der Waals surface area (Å²) in [5.41, 5.74) is 3.88. The molecule has 0 saturated heterocycles. The van der Waals surface area contributed by atoms with Crippen LogP contribution in [0.2, 0.25) is 0 Å². The topological polar surface area (TPSA) is 83.9 Å². The lowest BCUT2D eigenvalue weighted by molar-refractivity contribution is -0.686. The molecule has 5 rings (SSSR count). The summed E-state index contributed by atoms with van der Waals surface area (Å²) in [6, 6.07) is 16.6. The van der Waals surface area contributed by atoms with Crippen molar-refractivity contribution in [2.45, 2.75) is 19.6 Å². The number of ether oxygens (including phenoxy) is 4. The van der Waals surface area contributed by atoms with Gasteiger partial charge in [0.15, 0.2) is 35.7 Å². The van der Waals surface area contributed by atoms with Crippen LogP contribution >= 0.6 is 0 Å². The summed E-state index contributed by atoms with van der Waals surface area (Å²) in [5.74, 6) is 2.52. The molecule has 3 aromatic carbocycles. The van der Waals surface area contributed by atoms with Gasteiger partial charge in [0.1, 0.15) is 6.61 Å². The van der Waals surface area contributed by atoms with Crippen LogP contribution < -0.4 is 23.5 Å². The first-order chi connectivity index (χ1) is 17.0. The largest absolute Gasteiger partial charge is 0.493 e. The number of nitro groups is 1. The zero-order valence-electron chi connectivity index (χ0n) is 19.7. The summed E-state index contributed by atoms with van der Waals surface area (Å²) in [7, 11) is 4.86. The molecule has 0 bridgehead atoms. The van der Waals surface area contributed by atoms with E-state index in [2.05, 4.69) is 16.8 Å². The number of nitro benzene ring substituents is 1. The Kier molecular flexibility index (Phi) is 5.86. The van der Waals surface area contributed by atoms with Crippen LogP contribution in [-0.4, -0.2) is 26.3 Å². The zero-order valence-corrected chi connectivity index (χ0v) is 19.7. The molecule has 0 fully saturated rings. The van der Waals surface area contributed by atoms with Crippen LogP contribution in [0.5, 0.6) is 23.0 Å². The highest BCUT2D eigenvalue weighted by atomic mass is 16.6. The van der Waals surface area contributed by atoms with Crippen molar-refractivity contribution in [2.24, 2.45) is 0 Å². The Hall–Kier alpha value is -4.33. The van der Waals surface area contributed by atoms with Crippen molar-refractivity contribution in [3.63, 3.8) is 0 Å². The van der Waals surface area contributed by atoms with Gasteiger partial charge in [0.05, 0.1) is 42.8 Å². The van der Waals surface area contributed by atoms with Crippen LogP contribution in [0, 0.1) is 10.1 Å². The Morgan fingerprint density at radius 3 is 2.43 bits per heavy atom. The first-order valence-corrected chi connectivity index (χ1v) is 11.2. The number of rotatable bonds is 7. The standard InChI is InChI=1S/C27H25N2O6/c1-32-24-9-8-17-12-23-20-14-26(34-3)25(33-2)13-18(20)10-11-28(23)15-21(17)27(24)35-16-19-6-4-5-7-22(19)29(30)31/h4-9,12-15H,10-11,16H2,1-3H3/q+1. The zero-order chi connectivity index (χ0) is 24.5. The minimum Gasteiger partial charge on any atom is -0.493 e. The van der Waals surface area contributed by atoms with Gasteiger partial charge in [0, 0.05) is 18.6 Å². The maximum Gasteiger partial charge on any atom is 0.276 e. The summed E-state index contributed by atoms with van der Waals surface area (Å²) in [6.07, 6.45) is 2.90. The van der Waals surface area contributed by atoms with Crippen LogP contribution in [0.1, 0.15) is 11.1 Å². The monoisotopic (exact) mass is 473 g/mol. The summed E-state index contributed by atoms with van der Waals surface area (Å²) < 4.78 is 25.0. The first kappa shape index (κ1) is 22.5. The number of aromatic nitrogens is 1. The summed E-state index contributed by atoms with van der Waals surface area (Å²) >= 11 is 0. The fraction of sp³-hybridized carbons (Fsp3) is 0.222. The minimum atomic E-state index is -0.397. The molecule has 0 spiro atoms. The molecule has 1 aromatic heterocycles. The maximum absolute atomic E-state index is 11.4. The van der Waals surface area contributed by atoms with E-state index >= 15 is 0 Å². The fourth-order valence-electron chi connectivity index (χ4n) is 4.60. The van der Waals surface area contributed by atoms with Crippen molar-refractivity contribution in [1.29, 1.82) is 0 Å². The number of benzene rings is 3. The molecule has 2 heterocycles. The van der Waals surface area contributed by atoms with E-state index in [-0.39, 0.29) is 12.3 Å². The second-order valence-corrected chi connectivity index (χ2v) is 8.24. The molecule has 178 valence electrons. The molecule has 4 aromatic rings. The summed E-state index contributed by atoms with van der Waals surface area (Å²) in [5, 5.41) is 13.3. The minimum absolute atomic E-state index is 0.0273. The lowest BCUT2D eigenvalue weighted by Gasteiger charge is -2.19. The van der Waals surface area contributed by atoms with Gasteiger partial charge in [-0.3, -0.25) is 10.1 Å². The van der Waals surface area contributed by atoms with Crippen molar-refractivity contribution in [2.75, 3.05) is 21.3 Å². The van der Waals surface area contributed by atoms with E-state index in [4.69, 9.17) is 18.9 Å². The van der Waals surface area contributed by atoms with E-state index in [1.165, 1.54) is 11.6 Å². The van der Waals surface area contributed by atoms with Crippen molar-refractivity contribution in [3.8, 4) is 34.3 Å². The SMILES string of the molecule is COc1cc2c(cc1OC)-c1cc3ccc(OC)c(OCc4ccccc4[N+](=O)[O-])c3c[n+]1CC2. The average Bonchev–Trinajstić information content (AvgIpc) is 2.89. The number of nitrogens with zero attached hydrogens (tertiary/aromatic N) is 2.